The first-order valence-electron chi connectivity index (χ1n) is 12.1. The number of rotatable bonds is 7. The SMILES string of the molecule is C[C@@H](OC(=O)C(F)(F)F)[C@H](N)C(=O)OC[C@H]1CN(c2ccc3cc(-c4ccccc4C(F)(F)F)[nH]c(=O)c3c2)C(=O)O1. The number of nitrogens with one attached hydrogen (secondary N) is 1. The fourth-order valence-corrected chi connectivity index (χ4v) is 4.12. The number of amides is 1. The number of ether oxygens (including phenoxy) is 3. The van der Waals surface area contributed by atoms with E-state index in [0.29, 0.717) is 5.39 Å². The van der Waals surface area contributed by atoms with Gasteiger partial charge in [-0.05, 0) is 36.6 Å². The van der Waals surface area contributed by atoms with Crippen LogP contribution in [0.3, 0.4) is 0 Å². The number of alkyl halides is 6. The van der Waals surface area contributed by atoms with Gasteiger partial charge in [-0.1, -0.05) is 24.3 Å². The monoisotopic (exact) mass is 601 g/mol. The zero-order valence-corrected chi connectivity index (χ0v) is 21.4. The Morgan fingerprint density at radius 1 is 1.10 bits per heavy atom. The van der Waals surface area contributed by atoms with Crippen LogP contribution in [0.4, 0.5) is 36.8 Å². The van der Waals surface area contributed by atoms with Crippen LogP contribution in [0.25, 0.3) is 22.0 Å². The summed E-state index contributed by atoms with van der Waals surface area (Å²) in [5.41, 5.74) is 3.77. The molecular formula is C26H21F6N3O7. The lowest BCUT2D eigenvalue weighted by Crippen LogP contribution is -2.46. The Morgan fingerprint density at radius 3 is 2.45 bits per heavy atom. The summed E-state index contributed by atoms with van der Waals surface area (Å²) in [7, 11) is 0. The summed E-state index contributed by atoms with van der Waals surface area (Å²) in [6, 6.07) is 8.55. The number of aromatic amines is 1. The number of nitrogens with zero attached hydrogens (tertiary/aromatic N) is 1. The van der Waals surface area contributed by atoms with E-state index < -0.39 is 66.4 Å². The van der Waals surface area contributed by atoms with Crippen molar-refractivity contribution in [3.63, 3.8) is 0 Å². The Kier molecular flexibility index (Phi) is 8.20. The number of anilines is 1. The van der Waals surface area contributed by atoms with Crippen LogP contribution in [0.1, 0.15) is 12.5 Å². The van der Waals surface area contributed by atoms with Crippen LogP contribution < -0.4 is 16.2 Å². The van der Waals surface area contributed by atoms with Gasteiger partial charge in [-0.25, -0.2) is 9.59 Å². The number of esters is 2. The van der Waals surface area contributed by atoms with Crippen LogP contribution >= 0.6 is 0 Å². The van der Waals surface area contributed by atoms with Crippen LogP contribution in [-0.4, -0.2) is 60.6 Å². The number of benzene rings is 2. The fourth-order valence-electron chi connectivity index (χ4n) is 4.12. The molecule has 0 radical (unpaired) electrons. The number of fused-ring (bicyclic) bond motifs is 1. The van der Waals surface area contributed by atoms with Crippen LogP contribution in [0.2, 0.25) is 0 Å². The maximum atomic E-state index is 13.5. The van der Waals surface area contributed by atoms with Gasteiger partial charge in [0.1, 0.15) is 18.8 Å². The van der Waals surface area contributed by atoms with Gasteiger partial charge in [-0.3, -0.25) is 14.5 Å². The molecule has 1 saturated heterocycles. The number of nitrogens with two attached hydrogens (primary N) is 1. The molecule has 3 atom stereocenters. The lowest BCUT2D eigenvalue weighted by atomic mass is 10.0. The van der Waals surface area contributed by atoms with Crippen molar-refractivity contribution in [1.82, 2.24) is 4.98 Å². The average molecular weight is 601 g/mol. The highest BCUT2D eigenvalue weighted by atomic mass is 19.4. The van der Waals surface area contributed by atoms with Gasteiger partial charge >= 0.3 is 30.4 Å². The zero-order chi connectivity index (χ0) is 31.0. The third-order valence-electron chi connectivity index (χ3n) is 6.25. The lowest BCUT2D eigenvalue weighted by molar-refractivity contribution is -0.205. The number of hydrogen-bond acceptors (Lipinski definition) is 8. The van der Waals surface area contributed by atoms with Crippen LogP contribution in [0, 0.1) is 0 Å². The topological polar surface area (TPSA) is 141 Å². The number of H-pyrrole nitrogens is 1. The molecule has 1 fully saturated rings. The summed E-state index contributed by atoms with van der Waals surface area (Å²) in [6.07, 6.45) is -13.5. The van der Waals surface area contributed by atoms with E-state index in [1.165, 1.54) is 42.5 Å². The molecule has 4 rings (SSSR count). The van der Waals surface area contributed by atoms with E-state index in [0.717, 1.165) is 17.9 Å². The molecule has 224 valence electrons. The standard InChI is InChI=1S/C26H21F6N3O7/c1-12(41-23(38)26(30,31)32)20(33)22(37)40-11-15-10-35(24(39)42-15)14-7-6-13-8-19(34-21(36)17(13)9-14)16-4-2-3-5-18(16)25(27,28)29/h2-9,12,15,20H,10-11,33H2,1H3,(H,34,36)/t12-,15-,20+/m1/s1. The minimum absolute atomic E-state index is 0.0589. The molecule has 0 bridgehead atoms. The molecule has 1 aromatic heterocycles. The summed E-state index contributed by atoms with van der Waals surface area (Å²) < 4.78 is 91.6. The minimum atomic E-state index is -5.28. The van der Waals surface area contributed by atoms with Gasteiger partial charge in [-0.15, -0.1) is 0 Å². The molecule has 1 amide bonds. The molecule has 0 unspecified atom stereocenters. The Balaban J connectivity index is 1.45. The van der Waals surface area contributed by atoms with Gasteiger partial charge in [0.05, 0.1) is 12.1 Å². The van der Waals surface area contributed by atoms with Gasteiger partial charge in [-0.2, -0.15) is 26.3 Å². The van der Waals surface area contributed by atoms with Gasteiger partial charge < -0.3 is 24.9 Å². The second kappa shape index (κ2) is 11.3. The Morgan fingerprint density at radius 2 is 1.79 bits per heavy atom. The van der Waals surface area contributed by atoms with Crippen molar-refractivity contribution in [2.24, 2.45) is 5.73 Å². The maximum absolute atomic E-state index is 13.5. The second-order valence-electron chi connectivity index (χ2n) is 9.21. The molecule has 0 saturated carbocycles. The highest BCUT2D eigenvalue weighted by Crippen LogP contribution is 2.37. The first kappa shape index (κ1) is 30.4. The van der Waals surface area contributed by atoms with E-state index >= 15 is 0 Å². The van der Waals surface area contributed by atoms with Crippen molar-refractivity contribution in [1.29, 1.82) is 0 Å². The van der Waals surface area contributed by atoms with Crippen LogP contribution in [0.15, 0.2) is 53.3 Å². The number of hydrogen-bond donors (Lipinski definition) is 2. The van der Waals surface area contributed by atoms with E-state index in [9.17, 15) is 45.5 Å². The van der Waals surface area contributed by atoms with Gasteiger partial charge in [0.25, 0.3) is 5.56 Å². The van der Waals surface area contributed by atoms with Gasteiger partial charge in [0.15, 0.2) is 6.10 Å². The van der Waals surface area contributed by atoms with E-state index in [1.54, 1.807) is 0 Å². The molecule has 1 aliphatic rings. The van der Waals surface area contributed by atoms with Crippen molar-refractivity contribution in [2.45, 2.75) is 37.5 Å². The van der Waals surface area contributed by atoms with Crippen molar-refractivity contribution >= 4 is 34.5 Å². The molecule has 0 spiro atoms. The van der Waals surface area contributed by atoms with E-state index in [-0.39, 0.29) is 28.9 Å². The molecule has 3 aromatic rings. The summed E-state index contributed by atoms with van der Waals surface area (Å²) in [5.74, 6) is -3.75. The van der Waals surface area contributed by atoms with Crippen LogP contribution in [-0.2, 0) is 30.0 Å². The number of halogens is 6. The number of cyclic esters (lactones) is 1. The molecule has 0 aliphatic carbocycles. The first-order chi connectivity index (χ1) is 19.6. The molecule has 2 aromatic carbocycles. The van der Waals surface area contributed by atoms with E-state index in [4.69, 9.17) is 15.2 Å². The maximum Gasteiger partial charge on any atom is 0.490 e. The van der Waals surface area contributed by atoms with Gasteiger partial charge in [0, 0.05) is 22.3 Å². The number of carbonyl (C=O) groups is 3. The number of aromatic nitrogens is 1. The molecule has 3 N–H and O–H groups in total. The average Bonchev–Trinajstić information content (AvgIpc) is 3.30. The second-order valence-corrected chi connectivity index (χ2v) is 9.21. The predicted molar refractivity (Wildman–Crippen MR) is 133 cm³/mol. The molecule has 42 heavy (non-hydrogen) atoms. The normalized spacial score (nSPS) is 17.1. The largest absolute Gasteiger partial charge is 0.490 e. The van der Waals surface area contributed by atoms with Crippen molar-refractivity contribution < 1.29 is 54.9 Å². The fraction of sp³-hybridized carbons (Fsp3) is 0.308. The smallest absolute Gasteiger partial charge is 0.460 e. The highest BCUT2D eigenvalue weighted by molar-refractivity contribution is 5.95. The van der Waals surface area contributed by atoms with E-state index in [2.05, 4.69) is 9.72 Å². The molecule has 2 heterocycles. The third kappa shape index (κ3) is 6.48. The highest BCUT2D eigenvalue weighted by Gasteiger charge is 2.43. The van der Waals surface area contributed by atoms with Gasteiger partial charge in [0.2, 0.25) is 0 Å². The zero-order valence-electron chi connectivity index (χ0n) is 21.4. The molecular weight excluding hydrogens is 580 g/mol. The number of carbonyl (C=O) groups excluding carboxylic acids is 3. The van der Waals surface area contributed by atoms with Crippen molar-refractivity contribution in [2.75, 3.05) is 18.1 Å². The lowest BCUT2D eigenvalue weighted by Gasteiger charge is -2.20. The summed E-state index contributed by atoms with van der Waals surface area (Å²) >= 11 is 0. The third-order valence-corrected chi connectivity index (χ3v) is 6.25. The van der Waals surface area contributed by atoms with Crippen LogP contribution in [0.5, 0.6) is 0 Å². The summed E-state index contributed by atoms with van der Waals surface area (Å²) in [5, 5.41) is 0.360. The summed E-state index contributed by atoms with van der Waals surface area (Å²) in [6.45, 7) is 0.262. The minimum Gasteiger partial charge on any atom is -0.460 e. The summed E-state index contributed by atoms with van der Waals surface area (Å²) in [4.78, 5) is 51.9. The van der Waals surface area contributed by atoms with Crippen molar-refractivity contribution in [3.8, 4) is 11.3 Å². The predicted octanol–water partition coefficient (Wildman–Crippen LogP) is 3.90. The Bertz CT molecular complexity index is 1590. The Hall–Kier alpha value is -4.60. The Labute approximate surface area is 231 Å². The molecule has 16 heteroatoms. The quantitative estimate of drug-likeness (QED) is 0.236. The molecule has 10 nitrogen and oxygen atoms in total. The van der Waals surface area contributed by atoms with E-state index in [1.807, 2.05) is 0 Å². The van der Waals surface area contributed by atoms with Crippen molar-refractivity contribution in [3.05, 3.63) is 64.4 Å². The number of pyridine rings is 1. The first-order valence-corrected chi connectivity index (χ1v) is 12.1. The molecule has 1 aliphatic heterocycles.